The Morgan fingerprint density at radius 1 is 1.03 bits per heavy atom. The predicted molar refractivity (Wildman–Crippen MR) is 129 cm³/mol. The van der Waals surface area contributed by atoms with Gasteiger partial charge in [-0.05, 0) is 42.5 Å². The highest BCUT2D eigenvalue weighted by Gasteiger charge is 2.23. The molecule has 2 aromatic rings. The number of carbonyl (C=O) groups excluding carboxylic acids is 2. The molecule has 0 radical (unpaired) electrons. The third-order valence-corrected chi connectivity index (χ3v) is 6.90. The topological polar surface area (TPSA) is 92.3 Å². The fraction of sp³-hybridized carbons (Fsp3) is 0.391. The van der Waals surface area contributed by atoms with Gasteiger partial charge in [-0.15, -0.1) is 0 Å². The third-order valence-electron chi connectivity index (χ3n) is 4.67. The van der Waals surface area contributed by atoms with Gasteiger partial charge in [0.2, 0.25) is 5.91 Å². The molecule has 0 aliphatic heterocycles. The number of carbonyl (C=O) groups is 2. The van der Waals surface area contributed by atoms with Crippen molar-refractivity contribution in [2.45, 2.75) is 38.5 Å². The van der Waals surface area contributed by atoms with Crippen molar-refractivity contribution in [2.75, 3.05) is 12.3 Å². The van der Waals surface area contributed by atoms with Gasteiger partial charge in [0.1, 0.15) is 6.04 Å². The van der Waals surface area contributed by atoms with E-state index in [-0.39, 0.29) is 46.9 Å². The van der Waals surface area contributed by atoms with Gasteiger partial charge in [0.25, 0.3) is 5.91 Å². The minimum Gasteiger partial charge on any atom is -0.354 e. The molecule has 0 aromatic heterocycles. The molecule has 174 valence electrons. The Kier molecular flexibility index (Phi) is 10.0. The zero-order chi connectivity index (χ0) is 23.7. The van der Waals surface area contributed by atoms with Crippen molar-refractivity contribution >= 4 is 44.9 Å². The van der Waals surface area contributed by atoms with Crippen LogP contribution in [0.1, 0.15) is 42.6 Å². The first-order valence-electron chi connectivity index (χ1n) is 10.4. The standard InChI is InChI=1S/C23H28Cl2N2O4S/c1-16(2)13-21(27-22(28)19-10-9-18(24)14-20(19)25)23(29)26-11-6-12-32(30,31)15-17-7-4-3-5-8-17/h3-5,7-10,14,16,21H,6,11-13,15H2,1-2H3,(H,26,29)(H,27,28). The van der Waals surface area contributed by atoms with E-state index in [1.54, 1.807) is 30.3 Å². The predicted octanol–water partition coefficient (Wildman–Crippen LogP) is 4.26. The first-order chi connectivity index (χ1) is 15.1. The number of sulfone groups is 1. The Labute approximate surface area is 199 Å². The number of hydrogen-bond donors (Lipinski definition) is 2. The van der Waals surface area contributed by atoms with Crippen LogP contribution in [0.2, 0.25) is 10.0 Å². The number of amides is 2. The lowest BCUT2D eigenvalue weighted by atomic mass is 10.0. The maximum absolute atomic E-state index is 12.7. The van der Waals surface area contributed by atoms with E-state index in [0.717, 1.165) is 5.56 Å². The smallest absolute Gasteiger partial charge is 0.253 e. The molecule has 2 N–H and O–H groups in total. The van der Waals surface area contributed by atoms with Crippen molar-refractivity contribution in [3.8, 4) is 0 Å². The average Bonchev–Trinajstić information content (AvgIpc) is 2.70. The molecular weight excluding hydrogens is 471 g/mol. The van der Waals surface area contributed by atoms with Gasteiger partial charge in [-0.3, -0.25) is 9.59 Å². The van der Waals surface area contributed by atoms with Gasteiger partial charge in [0.05, 0.1) is 22.1 Å². The average molecular weight is 499 g/mol. The number of benzene rings is 2. The lowest BCUT2D eigenvalue weighted by molar-refractivity contribution is -0.123. The summed E-state index contributed by atoms with van der Waals surface area (Å²) < 4.78 is 24.6. The van der Waals surface area contributed by atoms with Crippen LogP contribution in [0.25, 0.3) is 0 Å². The molecule has 1 atom stereocenters. The number of rotatable bonds is 11. The molecule has 0 heterocycles. The van der Waals surface area contributed by atoms with Crippen molar-refractivity contribution in [1.29, 1.82) is 0 Å². The molecule has 32 heavy (non-hydrogen) atoms. The van der Waals surface area contributed by atoms with Crippen LogP contribution >= 0.6 is 23.2 Å². The number of nitrogens with one attached hydrogen (secondary N) is 2. The van der Waals surface area contributed by atoms with Gasteiger partial charge >= 0.3 is 0 Å². The molecule has 2 rings (SSSR count). The van der Waals surface area contributed by atoms with Crippen LogP contribution in [0.4, 0.5) is 0 Å². The minimum atomic E-state index is -3.28. The summed E-state index contributed by atoms with van der Waals surface area (Å²) in [6, 6.07) is 12.7. The largest absolute Gasteiger partial charge is 0.354 e. The first kappa shape index (κ1) is 26.2. The summed E-state index contributed by atoms with van der Waals surface area (Å²) in [4.78, 5) is 25.3. The molecule has 2 aromatic carbocycles. The zero-order valence-corrected chi connectivity index (χ0v) is 20.4. The van der Waals surface area contributed by atoms with Gasteiger partial charge in [-0.2, -0.15) is 0 Å². The van der Waals surface area contributed by atoms with E-state index < -0.39 is 21.8 Å². The second-order valence-corrected chi connectivity index (χ2v) is 11.0. The molecular formula is C23H28Cl2N2O4S. The Bertz CT molecular complexity index is 1030. The molecule has 0 aliphatic carbocycles. The second kappa shape index (κ2) is 12.2. The summed E-state index contributed by atoms with van der Waals surface area (Å²) in [5, 5.41) is 6.05. The quantitative estimate of drug-likeness (QED) is 0.452. The maximum Gasteiger partial charge on any atom is 0.253 e. The number of hydrogen-bond acceptors (Lipinski definition) is 4. The molecule has 0 aliphatic rings. The van der Waals surface area contributed by atoms with Gasteiger partial charge in [0, 0.05) is 11.6 Å². The second-order valence-electron chi connectivity index (χ2n) is 8.00. The Morgan fingerprint density at radius 2 is 1.72 bits per heavy atom. The van der Waals surface area contributed by atoms with Crippen LogP contribution in [0, 0.1) is 5.92 Å². The van der Waals surface area contributed by atoms with Gasteiger partial charge in [-0.25, -0.2) is 8.42 Å². The monoisotopic (exact) mass is 498 g/mol. The highest BCUT2D eigenvalue weighted by molar-refractivity contribution is 7.90. The van der Waals surface area contributed by atoms with Crippen molar-refractivity contribution in [3.05, 3.63) is 69.7 Å². The van der Waals surface area contributed by atoms with E-state index in [1.807, 2.05) is 19.9 Å². The maximum atomic E-state index is 12.7. The molecule has 0 bridgehead atoms. The minimum absolute atomic E-state index is 0.0321. The summed E-state index contributed by atoms with van der Waals surface area (Å²) >= 11 is 12.0. The summed E-state index contributed by atoms with van der Waals surface area (Å²) in [7, 11) is -3.28. The Hall–Kier alpha value is -2.09. The molecule has 0 fully saturated rings. The fourth-order valence-electron chi connectivity index (χ4n) is 3.14. The molecule has 6 nitrogen and oxygen atoms in total. The highest BCUT2D eigenvalue weighted by Crippen LogP contribution is 2.21. The van der Waals surface area contributed by atoms with Crippen LogP contribution in [0.3, 0.4) is 0 Å². The van der Waals surface area contributed by atoms with Gasteiger partial charge in [0.15, 0.2) is 9.84 Å². The molecule has 2 amide bonds. The van der Waals surface area contributed by atoms with Crippen molar-refractivity contribution in [3.63, 3.8) is 0 Å². The van der Waals surface area contributed by atoms with Crippen LogP contribution in [0.15, 0.2) is 48.5 Å². The van der Waals surface area contributed by atoms with E-state index in [4.69, 9.17) is 23.2 Å². The molecule has 0 spiro atoms. The fourth-order valence-corrected chi connectivity index (χ4v) is 5.06. The van der Waals surface area contributed by atoms with E-state index in [9.17, 15) is 18.0 Å². The summed E-state index contributed by atoms with van der Waals surface area (Å²) in [5.41, 5.74) is 0.960. The van der Waals surface area contributed by atoms with Crippen molar-refractivity contribution in [1.82, 2.24) is 10.6 Å². The van der Waals surface area contributed by atoms with E-state index in [2.05, 4.69) is 10.6 Å². The SMILES string of the molecule is CC(C)CC(NC(=O)c1ccc(Cl)cc1Cl)C(=O)NCCCS(=O)(=O)Cc1ccccc1. The molecule has 0 saturated carbocycles. The lowest BCUT2D eigenvalue weighted by Gasteiger charge is -2.20. The van der Waals surface area contributed by atoms with Crippen LogP contribution < -0.4 is 10.6 Å². The lowest BCUT2D eigenvalue weighted by Crippen LogP contribution is -2.47. The summed E-state index contributed by atoms with van der Waals surface area (Å²) in [6.07, 6.45) is 0.710. The third kappa shape index (κ3) is 8.81. The molecule has 9 heteroatoms. The number of halogens is 2. The van der Waals surface area contributed by atoms with Crippen molar-refractivity contribution in [2.24, 2.45) is 5.92 Å². The van der Waals surface area contributed by atoms with Crippen LogP contribution in [-0.2, 0) is 20.4 Å². The summed E-state index contributed by atoms with van der Waals surface area (Å²) in [6.45, 7) is 4.08. The molecule has 1 unspecified atom stereocenters. The van der Waals surface area contributed by atoms with E-state index in [0.29, 0.717) is 11.4 Å². The van der Waals surface area contributed by atoms with Crippen LogP contribution in [-0.4, -0.2) is 38.6 Å². The van der Waals surface area contributed by atoms with Crippen LogP contribution in [0.5, 0.6) is 0 Å². The Morgan fingerprint density at radius 3 is 2.34 bits per heavy atom. The van der Waals surface area contributed by atoms with Crippen molar-refractivity contribution < 1.29 is 18.0 Å². The normalized spacial score (nSPS) is 12.4. The van der Waals surface area contributed by atoms with Gasteiger partial charge in [-0.1, -0.05) is 67.4 Å². The zero-order valence-electron chi connectivity index (χ0n) is 18.1. The van der Waals surface area contributed by atoms with E-state index in [1.165, 1.54) is 12.1 Å². The highest BCUT2D eigenvalue weighted by atomic mass is 35.5. The van der Waals surface area contributed by atoms with Gasteiger partial charge < -0.3 is 10.6 Å². The van der Waals surface area contributed by atoms with E-state index >= 15 is 0 Å². The summed E-state index contributed by atoms with van der Waals surface area (Å²) in [5.74, 6) is -0.757. The first-order valence-corrected chi connectivity index (χ1v) is 12.9. The Balaban J connectivity index is 1.90. The molecule has 0 saturated heterocycles.